The number of anilines is 1. The van der Waals surface area contributed by atoms with E-state index in [1.165, 1.54) is 0 Å². The summed E-state index contributed by atoms with van der Waals surface area (Å²) in [6.45, 7) is 0. The fraction of sp³-hybridized carbons (Fsp3) is 0.438. The Hall–Kier alpha value is -3.17. The lowest BCUT2D eigenvalue weighted by molar-refractivity contribution is -0.394. The number of ketones is 1. The van der Waals surface area contributed by atoms with Crippen molar-refractivity contribution in [3.8, 4) is 0 Å². The lowest BCUT2D eigenvalue weighted by atomic mass is 9.59. The minimum atomic E-state index is -0.818. The quantitative estimate of drug-likeness (QED) is 0.453. The van der Waals surface area contributed by atoms with Gasteiger partial charge in [-0.05, 0) is 18.8 Å². The van der Waals surface area contributed by atoms with Crippen LogP contribution in [0, 0.1) is 43.9 Å². The average molecular weight is 359 g/mol. The number of nitrogens with zero attached hydrogens (tertiary/aromatic N) is 3. The maximum absolute atomic E-state index is 12.9. The maximum atomic E-state index is 12.9. The molecule has 26 heavy (non-hydrogen) atoms. The summed E-state index contributed by atoms with van der Waals surface area (Å²) in [6.07, 6.45) is 1.49. The number of Topliss-reactive ketones (excluding diaryl/α,β-unsaturated/α-hetero) is 1. The molecule has 1 aromatic rings. The Kier molecular flexibility index (Phi) is 3.40. The molecule has 134 valence electrons. The molecule has 4 fully saturated rings. The minimum Gasteiger partial charge on any atom is -0.299 e. The number of rotatable bonds is 3. The molecule has 3 saturated carbocycles. The number of non-ortho nitro benzene ring substituents is 2. The summed E-state index contributed by atoms with van der Waals surface area (Å²) < 4.78 is 0. The first kappa shape index (κ1) is 16.3. The Labute approximate surface area is 146 Å². The predicted octanol–water partition coefficient (Wildman–Crippen LogP) is 1.61. The molecule has 0 aromatic heterocycles. The number of hydrogen-bond donors (Lipinski definition) is 0. The third-order valence-electron chi connectivity index (χ3n) is 5.63. The van der Waals surface area contributed by atoms with E-state index in [9.17, 15) is 34.6 Å². The Morgan fingerprint density at radius 1 is 0.885 bits per heavy atom. The van der Waals surface area contributed by atoms with Gasteiger partial charge in [0.25, 0.3) is 11.4 Å². The van der Waals surface area contributed by atoms with Gasteiger partial charge in [-0.3, -0.25) is 34.6 Å². The number of fused-ring (bicyclic) bond motifs is 2. The Bertz CT molecular complexity index is 864. The van der Waals surface area contributed by atoms with Crippen LogP contribution in [0.25, 0.3) is 0 Å². The smallest absolute Gasteiger partial charge is 0.278 e. The number of hydrogen-bond acceptors (Lipinski definition) is 7. The van der Waals surface area contributed by atoms with Gasteiger partial charge in [0.05, 0.1) is 33.4 Å². The molecule has 2 bridgehead atoms. The van der Waals surface area contributed by atoms with Crippen LogP contribution in [-0.4, -0.2) is 27.4 Å². The first-order chi connectivity index (χ1) is 12.3. The highest BCUT2D eigenvalue weighted by Gasteiger charge is 2.61. The van der Waals surface area contributed by atoms with Crippen molar-refractivity contribution in [1.29, 1.82) is 0 Å². The Morgan fingerprint density at radius 3 is 2.00 bits per heavy atom. The van der Waals surface area contributed by atoms with Crippen molar-refractivity contribution in [1.82, 2.24) is 0 Å². The summed E-state index contributed by atoms with van der Waals surface area (Å²) in [5.74, 6) is -3.28. The van der Waals surface area contributed by atoms with Gasteiger partial charge in [0.1, 0.15) is 5.78 Å². The van der Waals surface area contributed by atoms with E-state index in [4.69, 9.17) is 0 Å². The van der Waals surface area contributed by atoms with Crippen LogP contribution < -0.4 is 4.90 Å². The molecule has 1 heterocycles. The molecular weight excluding hydrogens is 346 g/mol. The number of nitro groups is 2. The van der Waals surface area contributed by atoms with E-state index < -0.39 is 50.8 Å². The molecule has 1 saturated heterocycles. The van der Waals surface area contributed by atoms with Crippen LogP contribution in [0.1, 0.15) is 19.3 Å². The molecule has 0 spiro atoms. The fourth-order valence-corrected chi connectivity index (χ4v) is 4.56. The highest BCUT2D eigenvalue weighted by molar-refractivity contribution is 6.23. The average Bonchev–Trinajstić information content (AvgIpc) is 2.87. The summed E-state index contributed by atoms with van der Waals surface area (Å²) in [4.78, 5) is 59.1. The van der Waals surface area contributed by atoms with Crippen molar-refractivity contribution in [2.24, 2.45) is 23.7 Å². The SMILES string of the molecule is O=C1CC2CCC1C1C(=O)N(c3cc([N+](=O)[O-])cc([N+](=O)[O-])c3)C(=O)C21. The van der Waals surface area contributed by atoms with Crippen LogP contribution in [0.3, 0.4) is 0 Å². The van der Waals surface area contributed by atoms with Gasteiger partial charge in [-0.25, -0.2) is 4.90 Å². The first-order valence-corrected chi connectivity index (χ1v) is 8.14. The fourth-order valence-electron chi connectivity index (χ4n) is 4.56. The molecular formula is C16H13N3O7. The molecule has 10 heteroatoms. The second kappa shape index (κ2) is 5.41. The minimum absolute atomic E-state index is 0.0319. The van der Waals surface area contributed by atoms with Crippen molar-refractivity contribution >= 4 is 34.7 Å². The van der Waals surface area contributed by atoms with Gasteiger partial charge >= 0.3 is 0 Å². The Morgan fingerprint density at radius 2 is 1.46 bits per heavy atom. The second-order valence-corrected chi connectivity index (χ2v) is 6.90. The highest BCUT2D eigenvalue weighted by atomic mass is 16.6. The Balaban J connectivity index is 1.80. The second-order valence-electron chi connectivity index (χ2n) is 6.90. The van der Waals surface area contributed by atoms with Gasteiger partial charge in [-0.2, -0.15) is 0 Å². The molecule has 1 aromatic carbocycles. The van der Waals surface area contributed by atoms with Gasteiger partial charge in [-0.15, -0.1) is 0 Å². The lowest BCUT2D eigenvalue weighted by Crippen LogP contribution is -2.46. The van der Waals surface area contributed by atoms with Crippen molar-refractivity contribution in [2.45, 2.75) is 19.3 Å². The third-order valence-corrected chi connectivity index (χ3v) is 5.63. The lowest BCUT2D eigenvalue weighted by Gasteiger charge is -2.41. The van der Waals surface area contributed by atoms with Crippen LogP contribution in [0.2, 0.25) is 0 Å². The summed E-state index contributed by atoms with van der Waals surface area (Å²) in [5, 5.41) is 22.1. The molecule has 10 nitrogen and oxygen atoms in total. The molecule has 0 radical (unpaired) electrons. The van der Waals surface area contributed by atoms with Crippen LogP contribution in [-0.2, 0) is 14.4 Å². The first-order valence-electron chi connectivity index (χ1n) is 8.14. The van der Waals surface area contributed by atoms with E-state index >= 15 is 0 Å². The van der Waals surface area contributed by atoms with Crippen LogP contribution in [0.5, 0.6) is 0 Å². The summed E-state index contributed by atoms with van der Waals surface area (Å²) in [7, 11) is 0. The van der Waals surface area contributed by atoms with Crippen molar-refractivity contribution < 1.29 is 24.2 Å². The van der Waals surface area contributed by atoms with Crippen LogP contribution >= 0.6 is 0 Å². The van der Waals surface area contributed by atoms with Gasteiger partial charge < -0.3 is 0 Å². The monoisotopic (exact) mass is 359 g/mol. The molecule has 2 amide bonds. The molecule has 4 unspecified atom stereocenters. The highest BCUT2D eigenvalue weighted by Crippen LogP contribution is 2.52. The van der Waals surface area contributed by atoms with E-state index in [1.54, 1.807) is 0 Å². The standard InChI is InChI=1S/C16H13N3O7/c20-12-3-7-1-2-11(12)14-13(7)15(21)17(16(14)22)8-4-9(18(23)24)6-10(5-8)19(25)26/h4-7,11,13-14H,1-3H2. The molecule has 0 N–H and O–H groups in total. The summed E-state index contributed by atoms with van der Waals surface area (Å²) in [5.41, 5.74) is -1.35. The zero-order valence-electron chi connectivity index (χ0n) is 13.4. The maximum Gasteiger partial charge on any atom is 0.278 e. The summed E-state index contributed by atoms with van der Waals surface area (Å²) in [6, 6.07) is 2.72. The molecule has 4 aliphatic rings. The molecule has 5 rings (SSSR count). The largest absolute Gasteiger partial charge is 0.299 e. The van der Waals surface area contributed by atoms with E-state index in [2.05, 4.69) is 0 Å². The zero-order valence-corrected chi connectivity index (χ0v) is 13.4. The van der Waals surface area contributed by atoms with E-state index in [0.717, 1.165) is 23.1 Å². The number of imide groups is 1. The molecule has 1 aliphatic heterocycles. The van der Waals surface area contributed by atoms with E-state index in [0.29, 0.717) is 12.8 Å². The van der Waals surface area contributed by atoms with Gasteiger partial charge in [0.2, 0.25) is 11.8 Å². The predicted molar refractivity (Wildman–Crippen MR) is 85.1 cm³/mol. The molecule has 3 aliphatic carbocycles. The van der Waals surface area contributed by atoms with Crippen molar-refractivity contribution in [3.63, 3.8) is 0 Å². The van der Waals surface area contributed by atoms with Crippen molar-refractivity contribution in [2.75, 3.05) is 4.90 Å². The van der Waals surface area contributed by atoms with E-state index in [1.807, 2.05) is 0 Å². The van der Waals surface area contributed by atoms with Gasteiger partial charge in [-0.1, -0.05) is 0 Å². The van der Waals surface area contributed by atoms with Crippen LogP contribution in [0.4, 0.5) is 17.1 Å². The molecule has 4 atom stereocenters. The zero-order chi connectivity index (χ0) is 18.7. The number of benzene rings is 1. The summed E-state index contributed by atoms with van der Waals surface area (Å²) >= 11 is 0. The normalized spacial score (nSPS) is 29.8. The van der Waals surface area contributed by atoms with Crippen LogP contribution in [0.15, 0.2) is 18.2 Å². The third kappa shape index (κ3) is 2.14. The van der Waals surface area contributed by atoms with E-state index in [-0.39, 0.29) is 23.8 Å². The van der Waals surface area contributed by atoms with Crippen molar-refractivity contribution in [3.05, 3.63) is 38.4 Å². The number of nitro benzene ring substituents is 2. The van der Waals surface area contributed by atoms with Gasteiger partial charge in [0.15, 0.2) is 0 Å². The van der Waals surface area contributed by atoms with Gasteiger partial charge in [0, 0.05) is 24.5 Å². The topological polar surface area (TPSA) is 141 Å². The number of carbonyl (C=O) groups excluding carboxylic acids is 3. The number of amides is 2. The number of carbonyl (C=O) groups is 3.